The lowest BCUT2D eigenvalue weighted by Gasteiger charge is -2.13. The van der Waals surface area contributed by atoms with E-state index in [1.165, 1.54) is 50.9 Å². The van der Waals surface area contributed by atoms with Crippen LogP contribution in [-0.4, -0.2) is 44.3 Å². The number of thiocarbonyl (C=S) groups is 1. The first-order valence-electron chi connectivity index (χ1n) is 9.95. The number of carbonyl (C=O) groups is 3. The number of benzene rings is 2. The first-order valence-corrected chi connectivity index (χ1v) is 11.2. The molecule has 1 aromatic heterocycles. The molecule has 3 rings (SSSR count). The Balaban J connectivity index is 1.94. The van der Waals surface area contributed by atoms with Gasteiger partial charge in [-0.2, -0.15) is 0 Å². The molecule has 0 radical (unpaired) electrons. The number of carbonyl (C=O) groups excluding carboxylic acids is 3. The third-order valence-corrected chi connectivity index (χ3v) is 6.02. The fourth-order valence-corrected chi connectivity index (χ4v) is 4.67. The van der Waals surface area contributed by atoms with E-state index in [0.717, 1.165) is 16.0 Å². The maximum atomic E-state index is 12.7. The zero-order valence-electron chi connectivity index (χ0n) is 18.9. The van der Waals surface area contributed by atoms with Crippen LogP contribution in [0, 0.1) is 6.92 Å². The molecule has 0 amide bonds. The zero-order valence-corrected chi connectivity index (χ0v) is 20.5. The van der Waals surface area contributed by atoms with Crippen LogP contribution in [0.1, 0.15) is 36.0 Å². The van der Waals surface area contributed by atoms with Crippen molar-refractivity contribution in [2.24, 2.45) is 0 Å². The molecule has 0 bridgehead atoms. The number of hydrogen-bond donors (Lipinski definition) is 2. The van der Waals surface area contributed by atoms with E-state index < -0.39 is 17.9 Å². The fourth-order valence-electron chi connectivity index (χ4n) is 3.32. The molecule has 0 aliphatic rings. The molecule has 34 heavy (non-hydrogen) atoms. The Morgan fingerprint density at radius 2 is 1.38 bits per heavy atom. The Kier molecular flexibility index (Phi) is 7.98. The number of aryl methyl sites for hydroxylation is 1. The average Bonchev–Trinajstić information content (AvgIpc) is 3.17. The Labute approximate surface area is 205 Å². The van der Waals surface area contributed by atoms with Crippen LogP contribution < -0.4 is 10.6 Å². The number of thiophene rings is 1. The number of anilines is 2. The number of nitrogens with one attached hydrogen (secondary N) is 2. The van der Waals surface area contributed by atoms with Crippen LogP contribution in [-0.2, 0) is 14.2 Å². The van der Waals surface area contributed by atoms with Crippen molar-refractivity contribution in [3.63, 3.8) is 0 Å². The highest BCUT2D eigenvalue weighted by molar-refractivity contribution is 7.80. The SMILES string of the molecule is COC(=O)c1cc(NC(=S)Nc2sc(C)c(-c3ccccc3)c2C(=O)OC)cc(C(=O)OC)c1. The van der Waals surface area contributed by atoms with Crippen molar-refractivity contribution in [1.82, 2.24) is 0 Å². The molecular formula is C24H22N2O6S2. The summed E-state index contributed by atoms with van der Waals surface area (Å²) in [4.78, 5) is 37.6. The minimum Gasteiger partial charge on any atom is -0.465 e. The van der Waals surface area contributed by atoms with E-state index in [0.29, 0.717) is 16.3 Å². The molecule has 0 aliphatic carbocycles. The molecule has 176 valence electrons. The quantitative estimate of drug-likeness (QED) is 0.279. The van der Waals surface area contributed by atoms with Crippen molar-refractivity contribution in [3.05, 3.63) is 70.1 Å². The van der Waals surface area contributed by atoms with Crippen LogP contribution in [0.3, 0.4) is 0 Å². The van der Waals surface area contributed by atoms with Crippen molar-refractivity contribution >= 4 is 57.3 Å². The van der Waals surface area contributed by atoms with Crippen LogP contribution in [0.4, 0.5) is 10.7 Å². The highest BCUT2D eigenvalue weighted by Gasteiger charge is 2.24. The Morgan fingerprint density at radius 3 is 1.91 bits per heavy atom. The van der Waals surface area contributed by atoms with Gasteiger partial charge < -0.3 is 24.8 Å². The van der Waals surface area contributed by atoms with E-state index in [9.17, 15) is 14.4 Å². The van der Waals surface area contributed by atoms with Crippen LogP contribution in [0.25, 0.3) is 11.1 Å². The van der Waals surface area contributed by atoms with E-state index in [2.05, 4.69) is 10.6 Å². The van der Waals surface area contributed by atoms with Gasteiger partial charge in [0.1, 0.15) is 10.6 Å². The normalized spacial score (nSPS) is 10.2. The topological polar surface area (TPSA) is 103 Å². The maximum absolute atomic E-state index is 12.7. The summed E-state index contributed by atoms with van der Waals surface area (Å²) in [7, 11) is 3.80. The molecule has 0 saturated heterocycles. The minimum absolute atomic E-state index is 0.142. The summed E-state index contributed by atoms with van der Waals surface area (Å²) in [6.07, 6.45) is 0. The van der Waals surface area contributed by atoms with Crippen LogP contribution in [0.15, 0.2) is 48.5 Å². The van der Waals surface area contributed by atoms with Crippen LogP contribution in [0.5, 0.6) is 0 Å². The van der Waals surface area contributed by atoms with Crippen molar-refractivity contribution in [1.29, 1.82) is 0 Å². The molecule has 8 nitrogen and oxygen atoms in total. The molecule has 1 heterocycles. The molecule has 3 aromatic rings. The average molecular weight is 499 g/mol. The van der Waals surface area contributed by atoms with E-state index in [-0.39, 0.29) is 16.2 Å². The molecule has 10 heteroatoms. The van der Waals surface area contributed by atoms with Gasteiger partial charge in [-0.3, -0.25) is 0 Å². The number of methoxy groups -OCH3 is 3. The molecule has 0 aliphatic heterocycles. The summed E-state index contributed by atoms with van der Waals surface area (Å²) < 4.78 is 14.5. The number of hydrogen-bond acceptors (Lipinski definition) is 8. The van der Waals surface area contributed by atoms with E-state index in [1.807, 2.05) is 37.3 Å². The van der Waals surface area contributed by atoms with Gasteiger partial charge in [0.15, 0.2) is 5.11 Å². The summed E-state index contributed by atoms with van der Waals surface area (Å²) in [5, 5.41) is 6.62. The van der Waals surface area contributed by atoms with Crippen molar-refractivity contribution in [2.45, 2.75) is 6.92 Å². The molecule has 2 aromatic carbocycles. The maximum Gasteiger partial charge on any atom is 0.341 e. The minimum atomic E-state index is -0.623. The highest BCUT2D eigenvalue weighted by atomic mass is 32.1. The molecule has 0 saturated carbocycles. The van der Waals surface area contributed by atoms with Gasteiger partial charge in [-0.15, -0.1) is 11.3 Å². The summed E-state index contributed by atoms with van der Waals surface area (Å²) >= 11 is 6.80. The second-order valence-electron chi connectivity index (χ2n) is 6.96. The fraction of sp³-hybridized carbons (Fsp3) is 0.167. The number of ether oxygens (including phenoxy) is 3. The molecular weight excluding hydrogens is 476 g/mol. The van der Waals surface area contributed by atoms with Crippen molar-refractivity contribution < 1.29 is 28.6 Å². The molecule has 0 fully saturated rings. The lowest BCUT2D eigenvalue weighted by atomic mass is 10.0. The second kappa shape index (κ2) is 10.9. The third kappa shape index (κ3) is 5.41. The predicted octanol–water partition coefficient (Wildman–Crippen LogP) is 4.89. The standard InChI is InChI=1S/C24H22N2O6S2/c1-13-18(14-8-6-5-7-9-14)19(23(29)32-4)20(34-13)26-24(33)25-17-11-15(21(27)30-2)10-16(12-17)22(28)31-3/h5-12H,1-4H3,(H2,25,26,33). The number of esters is 3. The van der Waals surface area contributed by atoms with Gasteiger partial charge in [-0.05, 0) is 42.9 Å². The molecule has 0 atom stereocenters. The van der Waals surface area contributed by atoms with Crippen molar-refractivity contribution in [2.75, 3.05) is 32.0 Å². The second-order valence-corrected chi connectivity index (χ2v) is 8.59. The van der Waals surface area contributed by atoms with Crippen LogP contribution >= 0.6 is 23.6 Å². The van der Waals surface area contributed by atoms with E-state index in [4.69, 9.17) is 26.4 Å². The van der Waals surface area contributed by atoms with Gasteiger partial charge in [-0.1, -0.05) is 30.3 Å². The first-order chi connectivity index (χ1) is 16.3. The lowest BCUT2D eigenvalue weighted by molar-refractivity contribution is 0.0588. The van der Waals surface area contributed by atoms with Crippen molar-refractivity contribution in [3.8, 4) is 11.1 Å². The largest absolute Gasteiger partial charge is 0.465 e. The van der Waals surface area contributed by atoms with Crippen LogP contribution in [0.2, 0.25) is 0 Å². The first kappa shape index (κ1) is 24.9. The van der Waals surface area contributed by atoms with E-state index in [1.54, 1.807) is 0 Å². The third-order valence-electron chi connectivity index (χ3n) is 4.80. The van der Waals surface area contributed by atoms with E-state index >= 15 is 0 Å². The smallest absolute Gasteiger partial charge is 0.341 e. The summed E-state index contributed by atoms with van der Waals surface area (Å²) in [6, 6.07) is 13.8. The van der Waals surface area contributed by atoms with Gasteiger partial charge in [0.25, 0.3) is 0 Å². The summed E-state index contributed by atoms with van der Waals surface area (Å²) in [6.45, 7) is 1.91. The molecule has 0 unspecified atom stereocenters. The monoisotopic (exact) mass is 498 g/mol. The van der Waals surface area contributed by atoms with Gasteiger partial charge >= 0.3 is 17.9 Å². The van der Waals surface area contributed by atoms with Gasteiger partial charge in [0.05, 0.1) is 32.5 Å². The molecule has 0 spiro atoms. The number of rotatable bonds is 6. The zero-order chi connectivity index (χ0) is 24.8. The van der Waals surface area contributed by atoms with Gasteiger partial charge in [0.2, 0.25) is 0 Å². The Morgan fingerprint density at radius 1 is 0.824 bits per heavy atom. The summed E-state index contributed by atoms with van der Waals surface area (Å²) in [5.41, 5.74) is 2.63. The Hall–Kier alpha value is -3.76. The van der Waals surface area contributed by atoms with Gasteiger partial charge in [0, 0.05) is 16.1 Å². The predicted molar refractivity (Wildman–Crippen MR) is 135 cm³/mol. The molecule has 2 N–H and O–H groups in total. The van der Waals surface area contributed by atoms with Gasteiger partial charge in [-0.25, -0.2) is 14.4 Å². The highest BCUT2D eigenvalue weighted by Crippen LogP contribution is 2.40. The summed E-state index contributed by atoms with van der Waals surface area (Å²) in [5.74, 6) is -1.75. The lowest BCUT2D eigenvalue weighted by Crippen LogP contribution is -2.21. The Bertz CT molecular complexity index is 1220.